The van der Waals surface area contributed by atoms with Crippen LogP contribution in [0.3, 0.4) is 0 Å². The molecule has 156 valence electrons. The van der Waals surface area contributed by atoms with Crippen LogP contribution in [0.4, 0.5) is 0 Å². The van der Waals surface area contributed by atoms with Gasteiger partial charge in [-0.15, -0.1) is 0 Å². The molecule has 0 heterocycles. The van der Waals surface area contributed by atoms with Crippen LogP contribution in [0.5, 0.6) is 0 Å². The van der Waals surface area contributed by atoms with Crippen molar-refractivity contribution in [1.29, 1.82) is 0 Å². The Morgan fingerprint density at radius 1 is 0.852 bits per heavy atom. The first-order valence-electron chi connectivity index (χ1n) is 9.85. The fourth-order valence-electron chi connectivity index (χ4n) is 3.95. The number of hydrogen-bond acceptors (Lipinski definition) is 5. The molecule has 2 aliphatic carbocycles. The van der Waals surface area contributed by atoms with E-state index < -0.39 is 11.9 Å². The van der Waals surface area contributed by atoms with Gasteiger partial charge in [-0.2, -0.15) is 0 Å². The van der Waals surface area contributed by atoms with E-state index in [1.54, 1.807) is 0 Å². The van der Waals surface area contributed by atoms with Gasteiger partial charge in [0.15, 0.2) is 0 Å². The van der Waals surface area contributed by atoms with Crippen molar-refractivity contribution >= 4 is 11.9 Å². The first-order valence-corrected chi connectivity index (χ1v) is 9.85. The Balaban J connectivity index is 0.000000527. The molecule has 7 heteroatoms. The van der Waals surface area contributed by atoms with Gasteiger partial charge in [0.1, 0.15) is 0 Å². The van der Waals surface area contributed by atoms with Gasteiger partial charge in [0.05, 0.1) is 0 Å². The van der Waals surface area contributed by atoms with E-state index in [0.29, 0.717) is 0 Å². The second-order valence-corrected chi connectivity index (χ2v) is 8.26. The van der Waals surface area contributed by atoms with Gasteiger partial charge in [0, 0.05) is 6.54 Å². The van der Waals surface area contributed by atoms with Gasteiger partial charge in [-0.05, 0) is 97.8 Å². The molecular weight excluding hydrogens is 346 g/mol. The number of aliphatic carboxylic acids is 2. The van der Waals surface area contributed by atoms with E-state index in [9.17, 15) is 0 Å². The van der Waals surface area contributed by atoms with Crippen molar-refractivity contribution in [2.75, 3.05) is 60.9 Å². The lowest BCUT2D eigenvalue weighted by atomic mass is 9.93. The molecule has 0 saturated heterocycles. The lowest BCUT2D eigenvalue weighted by Crippen LogP contribution is -2.35. The van der Waals surface area contributed by atoms with Crippen LogP contribution in [0.1, 0.15) is 25.7 Å². The van der Waals surface area contributed by atoms with Crippen LogP contribution in [0.15, 0.2) is 12.2 Å². The molecule has 0 amide bonds. The molecule has 27 heavy (non-hydrogen) atoms. The first kappa shape index (κ1) is 23.6. The highest BCUT2D eigenvalue weighted by atomic mass is 16.4. The number of rotatable bonds is 10. The highest BCUT2D eigenvalue weighted by Gasteiger charge is 2.36. The summed E-state index contributed by atoms with van der Waals surface area (Å²) in [6, 6.07) is 0. The molecule has 0 radical (unpaired) electrons. The lowest BCUT2D eigenvalue weighted by molar-refractivity contribution is -0.159. The predicted molar refractivity (Wildman–Crippen MR) is 107 cm³/mol. The number of carboxylic acid groups (broad SMARTS) is 2. The fourth-order valence-corrected chi connectivity index (χ4v) is 3.95. The van der Waals surface area contributed by atoms with Crippen LogP contribution in [0, 0.1) is 17.8 Å². The third kappa shape index (κ3) is 9.89. The summed E-state index contributed by atoms with van der Waals surface area (Å²) in [5.74, 6) is -0.922. The average Bonchev–Trinajstić information content (AvgIpc) is 3.17. The molecule has 3 atom stereocenters. The standard InChI is InChI=1S/C18H35N3.C2H2O4/c1-19(2)9-5-11-21(12-6-10-20(3)4)15-18-14-16-7-8-17(18)13-16;3-1(4)2(5)6/h7-8,16-18H,5-6,9-15H2,1-4H3;(H,3,4)(H,5,6). The summed E-state index contributed by atoms with van der Waals surface area (Å²) in [5.41, 5.74) is 0. The SMILES string of the molecule is CN(C)CCCN(CCCN(C)C)CC1CC2C=CC1C2.O=C(O)C(=O)O. The van der Waals surface area contributed by atoms with E-state index in [-0.39, 0.29) is 0 Å². The molecule has 2 bridgehead atoms. The summed E-state index contributed by atoms with van der Waals surface area (Å²) < 4.78 is 0. The normalized spacial score (nSPS) is 23.1. The average molecular weight is 384 g/mol. The van der Waals surface area contributed by atoms with Gasteiger partial charge in [-0.25, -0.2) is 9.59 Å². The maximum atomic E-state index is 9.10. The minimum atomic E-state index is -1.82. The topological polar surface area (TPSA) is 84.3 Å². The zero-order chi connectivity index (χ0) is 20.4. The summed E-state index contributed by atoms with van der Waals surface area (Å²) in [6.07, 6.45) is 10.4. The van der Waals surface area contributed by atoms with Crippen LogP contribution in [-0.2, 0) is 9.59 Å². The highest BCUT2D eigenvalue weighted by Crippen LogP contribution is 2.43. The lowest BCUT2D eigenvalue weighted by Gasteiger charge is -2.29. The molecule has 1 saturated carbocycles. The third-order valence-corrected chi connectivity index (χ3v) is 5.25. The zero-order valence-corrected chi connectivity index (χ0v) is 17.3. The number of nitrogens with zero attached hydrogens (tertiary/aromatic N) is 3. The summed E-state index contributed by atoms with van der Waals surface area (Å²) >= 11 is 0. The second kappa shape index (κ2) is 12.1. The Bertz CT molecular complexity index is 468. The summed E-state index contributed by atoms with van der Waals surface area (Å²) in [7, 11) is 8.71. The summed E-state index contributed by atoms with van der Waals surface area (Å²) in [4.78, 5) is 25.5. The Labute approximate surface area is 163 Å². The monoisotopic (exact) mass is 383 g/mol. The number of carboxylic acids is 2. The molecule has 2 rings (SSSR count). The maximum Gasteiger partial charge on any atom is 0.414 e. The molecule has 0 aliphatic heterocycles. The second-order valence-electron chi connectivity index (χ2n) is 8.26. The van der Waals surface area contributed by atoms with Gasteiger partial charge in [0.25, 0.3) is 0 Å². The smallest absolute Gasteiger partial charge is 0.414 e. The molecule has 0 spiro atoms. The minimum absolute atomic E-state index is 0.889. The van der Waals surface area contributed by atoms with Gasteiger partial charge < -0.3 is 24.9 Å². The van der Waals surface area contributed by atoms with Crippen molar-refractivity contribution in [3.05, 3.63) is 12.2 Å². The predicted octanol–water partition coefficient (Wildman–Crippen LogP) is 1.56. The Morgan fingerprint density at radius 3 is 1.70 bits per heavy atom. The maximum absolute atomic E-state index is 9.10. The minimum Gasteiger partial charge on any atom is -0.473 e. The molecule has 0 aromatic heterocycles. The van der Waals surface area contributed by atoms with Gasteiger partial charge in [0.2, 0.25) is 0 Å². The van der Waals surface area contributed by atoms with Crippen molar-refractivity contribution in [2.45, 2.75) is 25.7 Å². The summed E-state index contributed by atoms with van der Waals surface area (Å²) in [6.45, 7) is 6.28. The van der Waals surface area contributed by atoms with Gasteiger partial charge >= 0.3 is 11.9 Å². The highest BCUT2D eigenvalue weighted by molar-refractivity contribution is 6.27. The first-order chi connectivity index (χ1) is 12.7. The Morgan fingerprint density at radius 2 is 1.37 bits per heavy atom. The van der Waals surface area contributed by atoms with Crippen molar-refractivity contribution in [3.8, 4) is 0 Å². The molecule has 2 aliphatic rings. The quantitative estimate of drug-likeness (QED) is 0.437. The van der Waals surface area contributed by atoms with Gasteiger partial charge in [-0.3, -0.25) is 0 Å². The number of carbonyl (C=O) groups is 2. The number of fused-ring (bicyclic) bond motifs is 2. The molecule has 2 N–H and O–H groups in total. The van der Waals surface area contributed by atoms with Crippen LogP contribution in [0.25, 0.3) is 0 Å². The fraction of sp³-hybridized carbons (Fsp3) is 0.800. The van der Waals surface area contributed by atoms with Crippen molar-refractivity contribution in [3.63, 3.8) is 0 Å². The van der Waals surface area contributed by atoms with E-state index in [1.165, 1.54) is 58.4 Å². The Hall–Kier alpha value is -1.44. The number of allylic oxidation sites excluding steroid dienone is 2. The van der Waals surface area contributed by atoms with Crippen molar-refractivity contribution < 1.29 is 19.8 Å². The summed E-state index contributed by atoms with van der Waals surface area (Å²) in [5, 5.41) is 14.8. The van der Waals surface area contributed by atoms with Gasteiger partial charge in [-0.1, -0.05) is 12.2 Å². The van der Waals surface area contributed by atoms with Crippen molar-refractivity contribution in [1.82, 2.24) is 14.7 Å². The van der Waals surface area contributed by atoms with Crippen molar-refractivity contribution in [2.24, 2.45) is 17.8 Å². The molecule has 1 fully saturated rings. The largest absolute Gasteiger partial charge is 0.473 e. The molecular formula is C20H37N3O4. The zero-order valence-electron chi connectivity index (χ0n) is 17.3. The Kier molecular flexibility index (Phi) is 10.6. The molecule has 0 aromatic carbocycles. The van der Waals surface area contributed by atoms with Crippen LogP contribution >= 0.6 is 0 Å². The molecule has 7 nitrogen and oxygen atoms in total. The van der Waals surface area contributed by atoms with E-state index in [1.807, 2.05) is 0 Å². The van der Waals surface area contributed by atoms with Crippen LogP contribution in [0.2, 0.25) is 0 Å². The third-order valence-electron chi connectivity index (χ3n) is 5.25. The van der Waals surface area contributed by atoms with Crippen LogP contribution < -0.4 is 0 Å². The van der Waals surface area contributed by atoms with Crippen LogP contribution in [-0.4, -0.2) is 97.8 Å². The molecule has 3 unspecified atom stereocenters. The van der Waals surface area contributed by atoms with E-state index in [4.69, 9.17) is 19.8 Å². The molecule has 0 aromatic rings. The van der Waals surface area contributed by atoms with E-state index in [2.05, 4.69) is 55.0 Å². The van der Waals surface area contributed by atoms with E-state index >= 15 is 0 Å². The van der Waals surface area contributed by atoms with E-state index in [0.717, 1.165) is 17.8 Å². The number of hydrogen-bond donors (Lipinski definition) is 2.